The third-order valence-corrected chi connectivity index (χ3v) is 5.66. The van der Waals surface area contributed by atoms with Crippen LogP contribution in [0.3, 0.4) is 0 Å². The number of hydrogen-bond donors (Lipinski definition) is 2. The smallest absolute Gasteiger partial charge is 0.341 e. The average molecular weight is 388 g/mol. The molecule has 1 heterocycles. The fourth-order valence-electron chi connectivity index (χ4n) is 4.15. The zero-order chi connectivity index (χ0) is 20.1. The minimum atomic E-state index is -1.04. The first kappa shape index (κ1) is 20.2. The van der Waals surface area contributed by atoms with E-state index < -0.39 is 12.6 Å². The summed E-state index contributed by atoms with van der Waals surface area (Å²) in [4.78, 5) is 38.4. The van der Waals surface area contributed by atoms with Crippen molar-refractivity contribution in [1.29, 1.82) is 0 Å². The van der Waals surface area contributed by atoms with Gasteiger partial charge in [-0.15, -0.1) is 0 Å². The number of likely N-dealkylation sites (tertiary alicyclic amines) is 1. The second-order valence-electron chi connectivity index (χ2n) is 7.68. The lowest BCUT2D eigenvalue weighted by Crippen LogP contribution is -2.42. The summed E-state index contributed by atoms with van der Waals surface area (Å²) >= 11 is 0. The zero-order valence-electron chi connectivity index (χ0n) is 16.3. The van der Waals surface area contributed by atoms with Crippen LogP contribution >= 0.6 is 0 Å². The molecular formula is C21H28N2O5. The van der Waals surface area contributed by atoms with Crippen molar-refractivity contribution < 1.29 is 24.2 Å². The molecule has 0 aromatic heterocycles. The van der Waals surface area contributed by atoms with Crippen LogP contribution in [-0.2, 0) is 14.4 Å². The van der Waals surface area contributed by atoms with E-state index in [1.165, 1.54) is 0 Å². The van der Waals surface area contributed by atoms with Crippen molar-refractivity contribution >= 4 is 23.5 Å². The van der Waals surface area contributed by atoms with Crippen molar-refractivity contribution in [2.45, 2.75) is 45.4 Å². The zero-order valence-corrected chi connectivity index (χ0v) is 16.3. The van der Waals surface area contributed by atoms with Gasteiger partial charge in [-0.2, -0.15) is 0 Å². The number of rotatable bonds is 6. The Morgan fingerprint density at radius 1 is 1.11 bits per heavy atom. The molecule has 2 atom stereocenters. The van der Waals surface area contributed by atoms with Crippen LogP contribution < -0.4 is 10.1 Å². The predicted molar refractivity (Wildman–Crippen MR) is 104 cm³/mol. The Labute approximate surface area is 165 Å². The normalized spacial score (nSPS) is 22.0. The summed E-state index contributed by atoms with van der Waals surface area (Å²) in [6.07, 6.45) is 5.55. The summed E-state index contributed by atoms with van der Waals surface area (Å²) in [5.74, 6) is -1.11. The molecule has 1 aromatic rings. The lowest BCUT2D eigenvalue weighted by molar-refractivity contribution is -0.141. The predicted octanol–water partition coefficient (Wildman–Crippen LogP) is 2.83. The van der Waals surface area contributed by atoms with E-state index in [1.54, 1.807) is 18.2 Å². The number of carbonyl (C=O) groups is 3. The highest BCUT2D eigenvalue weighted by Crippen LogP contribution is 2.34. The quantitative estimate of drug-likeness (QED) is 0.781. The lowest BCUT2D eigenvalue weighted by atomic mass is 9.77. The minimum absolute atomic E-state index is 0.112. The number of amides is 2. The number of anilines is 1. The van der Waals surface area contributed by atoms with Crippen LogP contribution in [0.4, 0.5) is 5.69 Å². The van der Waals surface area contributed by atoms with Crippen LogP contribution in [0.2, 0.25) is 0 Å². The SMILES string of the molecule is Cc1cc(OCC(=O)O)ccc1NC(=O)C1CCCCC1C(=O)N1CCCC1. The average Bonchev–Trinajstić information content (AvgIpc) is 3.22. The van der Waals surface area contributed by atoms with Gasteiger partial charge in [0.15, 0.2) is 6.61 Å². The summed E-state index contributed by atoms with van der Waals surface area (Å²) in [5, 5.41) is 11.7. The van der Waals surface area contributed by atoms with E-state index in [4.69, 9.17) is 9.84 Å². The first-order valence-electron chi connectivity index (χ1n) is 10.0. The Balaban J connectivity index is 1.66. The van der Waals surface area contributed by atoms with Crippen LogP contribution in [0.5, 0.6) is 5.75 Å². The van der Waals surface area contributed by atoms with Crippen LogP contribution in [0.15, 0.2) is 18.2 Å². The second-order valence-corrected chi connectivity index (χ2v) is 7.68. The number of ether oxygens (including phenoxy) is 1. The molecule has 1 aliphatic heterocycles. The third kappa shape index (κ3) is 4.82. The molecule has 7 nitrogen and oxygen atoms in total. The van der Waals surface area contributed by atoms with Gasteiger partial charge in [-0.25, -0.2) is 4.79 Å². The number of hydrogen-bond acceptors (Lipinski definition) is 4. The van der Waals surface area contributed by atoms with Gasteiger partial charge < -0.3 is 20.1 Å². The molecule has 2 N–H and O–H groups in total. The molecule has 152 valence electrons. The number of carboxylic acids is 1. The van der Waals surface area contributed by atoms with E-state index in [-0.39, 0.29) is 23.7 Å². The number of carboxylic acid groups (broad SMARTS) is 1. The molecule has 1 saturated carbocycles. The monoisotopic (exact) mass is 388 g/mol. The molecule has 3 rings (SSSR count). The number of nitrogens with zero attached hydrogens (tertiary/aromatic N) is 1. The van der Waals surface area contributed by atoms with Crippen molar-refractivity contribution in [3.8, 4) is 5.75 Å². The van der Waals surface area contributed by atoms with Gasteiger partial charge in [0.2, 0.25) is 11.8 Å². The third-order valence-electron chi connectivity index (χ3n) is 5.66. The molecule has 0 radical (unpaired) electrons. The Hall–Kier alpha value is -2.57. The number of carbonyl (C=O) groups excluding carboxylic acids is 2. The van der Waals surface area contributed by atoms with Crippen molar-refractivity contribution in [2.24, 2.45) is 11.8 Å². The Kier molecular flexibility index (Phi) is 6.54. The number of nitrogens with one attached hydrogen (secondary N) is 1. The standard InChI is InChI=1S/C21H28N2O5/c1-14-12-15(28-13-19(24)25)8-9-18(14)22-20(26)16-6-2-3-7-17(16)21(27)23-10-4-5-11-23/h8-9,12,16-17H,2-7,10-11,13H2,1H3,(H,22,26)(H,24,25). The molecule has 0 bridgehead atoms. The van der Waals surface area contributed by atoms with Crippen molar-refractivity contribution in [1.82, 2.24) is 4.90 Å². The second kappa shape index (κ2) is 9.08. The summed E-state index contributed by atoms with van der Waals surface area (Å²) < 4.78 is 5.17. The van der Waals surface area contributed by atoms with Gasteiger partial charge >= 0.3 is 5.97 Å². The fourth-order valence-corrected chi connectivity index (χ4v) is 4.15. The molecule has 2 aliphatic rings. The van der Waals surface area contributed by atoms with Crippen LogP contribution in [-0.4, -0.2) is 47.5 Å². The van der Waals surface area contributed by atoms with Gasteiger partial charge in [-0.1, -0.05) is 12.8 Å². The summed E-state index contributed by atoms with van der Waals surface area (Å²) in [7, 11) is 0. The minimum Gasteiger partial charge on any atom is -0.482 e. The molecule has 28 heavy (non-hydrogen) atoms. The fraction of sp³-hybridized carbons (Fsp3) is 0.571. The van der Waals surface area contributed by atoms with Crippen molar-refractivity contribution in [2.75, 3.05) is 25.0 Å². The summed E-state index contributed by atoms with van der Waals surface area (Å²) in [5.41, 5.74) is 1.44. The lowest BCUT2D eigenvalue weighted by Gasteiger charge is -2.32. The summed E-state index contributed by atoms with van der Waals surface area (Å²) in [6.45, 7) is 3.03. The maximum atomic E-state index is 13.0. The van der Waals surface area contributed by atoms with Gasteiger partial charge in [0, 0.05) is 30.6 Å². The van der Waals surface area contributed by atoms with Crippen LogP contribution in [0, 0.1) is 18.8 Å². The highest BCUT2D eigenvalue weighted by atomic mass is 16.5. The van der Waals surface area contributed by atoms with E-state index in [9.17, 15) is 14.4 Å². The Morgan fingerprint density at radius 2 is 1.79 bits per heavy atom. The van der Waals surface area contributed by atoms with Crippen molar-refractivity contribution in [3.63, 3.8) is 0 Å². The number of benzene rings is 1. The molecular weight excluding hydrogens is 360 g/mol. The van der Waals surface area contributed by atoms with Crippen molar-refractivity contribution in [3.05, 3.63) is 23.8 Å². The van der Waals surface area contributed by atoms with Crippen LogP contribution in [0.1, 0.15) is 44.1 Å². The van der Waals surface area contributed by atoms with Gasteiger partial charge in [0.1, 0.15) is 5.75 Å². The van der Waals surface area contributed by atoms with Gasteiger partial charge in [-0.05, 0) is 56.4 Å². The first-order valence-corrected chi connectivity index (χ1v) is 10.0. The Morgan fingerprint density at radius 3 is 2.43 bits per heavy atom. The van der Waals surface area contributed by atoms with Gasteiger partial charge in [0.05, 0.1) is 0 Å². The maximum absolute atomic E-state index is 13.0. The van der Waals surface area contributed by atoms with E-state index in [1.807, 2.05) is 11.8 Å². The largest absolute Gasteiger partial charge is 0.482 e. The van der Waals surface area contributed by atoms with E-state index in [2.05, 4.69) is 5.32 Å². The maximum Gasteiger partial charge on any atom is 0.341 e. The molecule has 0 spiro atoms. The highest BCUT2D eigenvalue weighted by Gasteiger charge is 2.38. The number of aliphatic carboxylic acids is 1. The topological polar surface area (TPSA) is 95.9 Å². The molecule has 1 saturated heterocycles. The molecule has 2 fully saturated rings. The molecule has 1 aromatic carbocycles. The highest BCUT2D eigenvalue weighted by molar-refractivity contribution is 5.96. The molecule has 2 unspecified atom stereocenters. The Bertz CT molecular complexity index is 742. The number of aryl methyl sites for hydroxylation is 1. The van der Waals surface area contributed by atoms with E-state index >= 15 is 0 Å². The van der Waals surface area contributed by atoms with Crippen LogP contribution in [0.25, 0.3) is 0 Å². The molecule has 2 amide bonds. The van der Waals surface area contributed by atoms with E-state index in [0.29, 0.717) is 11.4 Å². The molecule has 1 aliphatic carbocycles. The first-order chi connectivity index (χ1) is 13.5. The molecule has 7 heteroatoms. The van der Waals surface area contributed by atoms with E-state index in [0.717, 1.165) is 57.2 Å². The van der Waals surface area contributed by atoms with Gasteiger partial charge in [0.25, 0.3) is 0 Å². The summed E-state index contributed by atoms with van der Waals surface area (Å²) in [6, 6.07) is 5.05. The van der Waals surface area contributed by atoms with Gasteiger partial charge in [-0.3, -0.25) is 9.59 Å².